The predicted octanol–water partition coefficient (Wildman–Crippen LogP) is 3.03. The molecule has 0 aliphatic carbocycles. The van der Waals surface area contributed by atoms with Gasteiger partial charge < -0.3 is 15.4 Å². The maximum atomic E-state index is 11.8. The standard InChI is InChI=1S/C14H21N3O3/c1-9(2)10(3)15-13(18)16-11-6-5-7-12(8-11)17-14(19)20-4/h5-10H,1-4H3,(H,17,19)(H2,15,16,18)/t10-/m0/s1. The summed E-state index contributed by atoms with van der Waals surface area (Å²) in [5, 5.41) is 8.09. The highest BCUT2D eigenvalue weighted by Gasteiger charge is 2.10. The van der Waals surface area contributed by atoms with Gasteiger partial charge in [0, 0.05) is 17.4 Å². The van der Waals surface area contributed by atoms with E-state index in [-0.39, 0.29) is 12.1 Å². The van der Waals surface area contributed by atoms with Crippen LogP contribution in [-0.2, 0) is 4.74 Å². The molecule has 0 fully saturated rings. The number of amides is 3. The second-order valence-electron chi connectivity index (χ2n) is 4.83. The average molecular weight is 279 g/mol. The molecule has 3 N–H and O–H groups in total. The summed E-state index contributed by atoms with van der Waals surface area (Å²) in [5.41, 5.74) is 1.14. The molecular weight excluding hydrogens is 258 g/mol. The summed E-state index contributed by atoms with van der Waals surface area (Å²) in [6.07, 6.45) is -0.556. The fraction of sp³-hybridized carbons (Fsp3) is 0.429. The first-order valence-electron chi connectivity index (χ1n) is 6.45. The highest BCUT2D eigenvalue weighted by atomic mass is 16.5. The fourth-order valence-corrected chi connectivity index (χ4v) is 1.38. The number of hydrogen-bond donors (Lipinski definition) is 3. The second kappa shape index (κ2) is 7.37. The number of carbonyl (C=O) groups is 2. The van der Waals surface area contributed by atoms with Crippen LogP contribution in [-0.4, -0.2) is 25.3 Å². The lowest BCUT2D eigenvalue weighted by molar-refractivity contribution is 0.187. The summed E-state index contributed by atoms with van der Waals surface area (Å²) in [7, 11) is 1.29. The van der Waals surface area contributed by atoms with Crippen molar-refractivity contribution in [3.8, 4) is 0 Å². The van der Waals surface area contributed by atoms with Gasteiger partial charge in [0.15, 0.2) is 0 Å². The molecule has 0 heterocycles. The molecule has 110 valence electrons. The zero-order valence-electron chi connectivity index (χ0n) is 12.2. The van der Waals surface area contributed by atoms with E-state index in [1.165, 1.54) is 7.11 Å². The van der Waals surface area contributed by atoms with Gasteiger partial charge in [-0.3, -0.25) is 5.32 Å². The SMILES string of the molecule is COC(=O)Nc1cccc(NC(=O)N[C@@H](C)C(C)C)c1. The van der Waals surface area contributed by atoms with Gasteiger partial charge in [0.1, 0.15) is 0 Å². The van der Waals surface area contributed by atoms with Crippen molar-refractivity contribution in [1.29, 1.82) is 0 Å². The van der Waals surface area contributed by atoms with E-state index in [4.69, 9.17) is 0 Å². The molecule has 0 saturated carbocycles. The Kier molecular flexibility index (Phi) is 5.83. The van der Waals surface area contributed by atoms with Crippen LogP contribution >= 0.6 is 0 Å². The van der Waals surface area contributed by atoms with Crippen LogP contribution in [0.1, 0.15) is 20.8 Å². The Balaban J connectivity index is 2.61. The van der Waals surface area contributed by atoms with Gasteiger partial charge >= 0.3 is 12.1 Å². The van der Waals surface area contributed by atoms with Crippen molar-refractivity contribution in [3.05, 3.63) is 24.3 Å². The molecule has 1 rings (SSSR count). The van der Waals surface area contributed by atoms with Gasteiger partial charge in [0.2, 0.25) is 0 Å². The normalized spacial score (nSPS) is 11.7. The van der Waals surface area contributed by atoms with E-state index < -0.39 is 6.09 Å². The van der Waals surface area contributed by atoms with Gasteiger partial charge in [0.05, 0.1) is 7.11 Å². The summed E-state index contributed by atoms with van der Waals surface area (Å²) < 4.78 is 4.50. The molecule has 1 aromatic rings. The number of anilines is 2. The highest BCUT2D eigenvalue weighted by molar-refractivity contribution is 5.91. The molecule has 0 aliphatic heterocycles. The lowest BCUT2D eigenvalue weighted by Crippen LogP contribution is -2.39. The van der Waals surface area contributed by atoms with Crippen LogP contribution < -0.4 is 16.0 Å². The number of urea groups is 1. The molecule has 0 saturated heterocycles. The van der Waals surface area contributed by atoms with Crippen LogP contribution in [0.5, 0.6) is 0 Å². The minimum Gasteiger partial charge on any atom is -0.453 e. The molecule has 0 unspecified atom stereocenters. The Morgan fingerprint density at radius 2 is 1.70 bits per heavy atom. The quantitative estimate of drug-likeness (QED) is 0.792. The lowest BCUT2D eigenvalue weighted by atomic mass is 10.1. The van der Waals surface area contributed by atoms with E-state index in [2.05, 4.69) is 20.7 Å². The van der Waals surface area contributed by atoms with Gasteiger partial charge in [-0.1, -0.05) is 19.9 Å². The molecule has 0 bridgehead atoms. The van der Waals surface area contributed by atoms with Crippen LogP contribution in [0.25, 0.3) is 0 Å². The van der Waals surface area contributed by atoms with E-state index in [0.717, 1.165) is 0 Å². The first kappa shape index (κ1) is 15.8. The van der Waals surface area contributed by atoms with Crippen LogP contribution in [0.2, 0.25) is 0 Å². The van der Waals surface area contributed by atoms with Crippen LogP contribution in [0.4, 0.5) is 21.0 Å². The van der Waals surface area contributed by atoms with Gasteiger partial charge in [-0.25, -0.2) is 9.59 Å². The van der Waals surface area contributed by atoms with E-state index in [1.807, 2.05) is 20.8 Å². The molecule has 0 spiro atoms. The molecule has 0 aromatic heterocycles. The Morgan fingerprint density at radius 3 is 2.25 bits per heavy atom. The Bertz CT molecular complexity index is 474. The number of nitrogens with one attached hydrogen (secondary N) is 3. The zero-order valence-corrected chi connectivity index (χ0v) is 12.2. The minimum absolute atomic E-state index is 0.0753. The van der Waals surface area contributed by atoms with Gasteiger partial charge in [0.25, 0.3) is 0 Å². The number of benzene rings is 1. The van der Waals surface area contributed by atoms with Gasteiger partial charge in [-0.05, 0) is 31.0 Å². The van der Waals surface area contributed by atoms with Crippen molar-refractivity contribution in [2.45, 2.75) is 26.8 Å². The molecule has 1 atom stereocenters. The summed E-state index contributed by atoms with van der Waals surface area (Å²) in [6, 6.07) is 6.62. The maximum Gasteiger partial charge on any atom is 0.411 e. The number of ether oxygens (including phenoxy) is 1. The Morgan fingerprint density at radius 1 is 1.10 bits per heavy atom. The third-order valence-electron chi connectivity index (χ3n) is 2.91. The van der Waals surface area contributed by atoms with Crippen LogP contribution in [0, 0.1) is 5.92 Å². The van der Waals surface area contributed by atoms with Gasteiger partial charge in [-0.15, -0.1) is 0 Å². The number of methoxy groups -OCH3 is 1. The Labute approximate surface area is 118 Å². The molecular formula is C14H21N3O3. The lowest BCUT2D eigenvalue weighted by Gasteiger charge is -2.18. The average Bonchev–Trinajstić information content (AvgIpc) is 2.38. The van der Waals surface area contributed by atoms with Crippen molar-refractivity contribution < 1.29 is 14.3 Å². The maximum absolute atomic E-state index is 11.8. The fourth-order valence-electron chi connectivity index (χ4n) is 1.38. The summed E-state index contributed by atoms with van der Waals surface area (Å²) in [6.45, 7) is 6.01. The summed E-state index contributed by atoms with van der Waals surface area (Å²) in [4.78, 5) is 22.9. The van der Waals surface area contributed by atoms with Crippen LogP contribution in [0.3, 0.4) is 0 Å². The molecule has 0 aliphatic rings. The molecule has 6 nitrogen and oxygen atoms in total. The van der Waals surface area contributed by atoms with E-state index in [0.29, 0.717) is 17.3 Å². The zero-order chi connectivity index (χ0) is 15.1. The van der Waals surface area contributed by atoms with Crippen molar-refractivity contribution in [3.63, 3.8) is 0 Å². The third-order valence-corrected chi connectivity index (χ3v) is 2.91. The van der Waals surface area contributed by atoms with Gasteiger partial charge in [-0.2, -0.15) is 0 Å². The van der Waals surface area contributed by atoms with Crippen molar-refractivity contribution in [2.75, 3.05) is 17.7 Å². The first-order valence-corrected chi connectivity index (χ1v) is 6.45. The van der Waals surface area contributed by atoms with Crippen LogP contribution in [0.15, 0.2) is 24.3 Å². The van der Waals surface area contributed by atoms with E-state index in [9.17, 15) is 9.59 Å². The smallest absolute Gasteiger partial charge is 0.411 e. The first-order chi connectivity index (χ1) is 9.42. The number of rotatable bonds is 4. The highest BCUT2D eigenvalue weighted by Crippen LogP contribution is 2.15. The predicted molar refractivity (Wildman–Crippen MR) is 78.9 cm³/mol. The Hall–Kier alpha value is -2.24. The largest absolute Gasteiger partial charge is 0.453 e. The molecule has 1 aromatic carbocycles. The summed E-state index contributed by atoms with van der Waals surface area (Å²) in [5.74, 6) is 0.355. The third kappa shape index (κ3) is 5.17. The topological polar surface area (TPSA) is 79.5 Å². The van der Waals surface area contributed by atoms with Crippen molar-refractivity contribution in [1.82, 2.24) is 5.32 Å². The number of hydrogen-bond acceptors (Lipinski definition) is 3. The monoisotopic (exact) mass is 279 g/mol. The second-order valence-corrected chi connectivity index (χ2v) is 4.83. The molecule has 0 radical (unpaired) electrons. The van der Waals surface area contributed by atoms with E-state index in [1.54, 1.807) is 24.3 Å². The molecule has 3 amide bonds. The minimum atomic E-state index is -0.556. The van der Waals surface area contributed by atoms with Crippen molar-refractivity contribution in [2.24, 2.45) is 5.92 Å². The van der Waals surface area contributed by atoms with E-state index >= 15 is 0 Å². The number of carbonyl (C=O) groups excluding carboxylic acids is 2. The van der Waals surface area contributed by atoms with Crippen molar-refractivity contribution >= 4 is 23.5 Å². The molecule has 20 heavy (non-hydrogen) atoms. The summed E-state index contributed by atoms with van der Waals surface area (Å²) >= 11 is 0. The molecule has 6 heteroatoms.